The summed E-state index contributed by atoms with van der Waals surface area (Å²) in [5.41, 5.74) is 1.90. The number of benzene rings is 1. The first-order chi connectivity index (χ1) is 8.69. The average molecular weight is 246 g/mol. The van der Waals surface area contributed by atoms with Crippen LogP contribution in [0.2, 0.25) is 0 Å². The lowest BCUT2D eigenvalue weighted by atomic mass is 10.3. The zero-order valence-corrected chi connectivity index (χ0v) is 10.9. The van der Waals surface area contributed by atoms with Gasteiger partial charge < -0.3 is 9.72 Å². The fourth-order valence-corrected chi connectivity index (χ4v) is 1.59. The van der Waals surface area contributed by atoms with Gasteiger partial charge in [0, 0.05) is 6.54 Å². The number of fused-ring (bicyclic) bond motifs is 1. The summed E-state index contributed by atoms with van der Waals surface area (Å²) in [6, 6.07) is 8.35. The van der Waals surface area contributed by atoms with Crippen LogP contribution in [0.1, 0.15) is 20.8 Å². The third-order valence-electron chi connectivity index (χ3n) is 2.26. The second-order valence-corrected chi connectivity index (χ2v) is 4.17. The maximum absolute atomic E-state index is 5.57. The predicted octanol–water partition coefficient (Wildman–Crippen LogP) is 2.78. The molecule has 2 N–H and O–H groups in total. The minimum Gasteiger partial charge on any atom is -0.462 e. The molecule has 0 saturated carbocycles. The van der Waals surface area contributed by atoms with Gasteiger partial charge in [-0.1, -0.05) is 12.1 Å². The lowest BCUT2D eigenvalue weighted by molar-refractivity contribution is 0.227. The standard InChI is InChI=1S/C13H18N4O/c1-4-14-13(18-9(2)3)17-12-15-10-7-5-6-8-11(10)16-12/h5-9H,4H2,1-3H3,(H2,14,15,16,17). The Morgan fingerprint density at radius 3 is 2.89 bits per heavy atom. The van der Waals surface area contributed by atoms with Crippen LogP contribution in [0.4, 0.5) is 5.95 Å². The van der Waals surface area contributed by atoms with E-state index in [2.05, 4.69) is 20.3 Å². The van der Waals surface area contributed by atoms with Crippen molar-refractivity contribution < 1.29 is 4.74 Å². The first kappa shape index (κ1) is 12.4. The summed E-state index contributed by atoms with van der Waals surface area (Å²) < 4.78 is 5.57. The van der Waals surface area contributed by atoms with E-state index in [1.165, 1.54) is 0 Å². The zero-order chi connectivity index (χ0) is 13.0. The minimum absolute atomic E-state index is 0.0761. The molecule has 18 heavy (non-hydrogen) atoms. The number of para-hydroxylation sites is 2. The molecular formula is C13H18N4O. The molecule has 0 fully saturated rings. The van der Waals surface area contributed by atoms with Gasteiger partial charge in [-0.2, -0.15) is 0 Å². The molecule has 1 aromatic heterocycles. The van der Waals surface area contributed by atoms with Gasteiger partial charge in [0.05, 0.1) is 17.1 Å². The van der Waals surface area contributed by atoms with E-state index < -0.39 is 0 Å². The summed E-state index contributed by atoms with van der Waals surface area (Å²) in [6.45, 7) is 6.55. The molecule has 0 unspecified atom stereocenters. The van der Waals surface area contributed by atoms with Crippen molar-refractivity contribution in [2.75, 3.05) is 11.9 Å². The van der Waals surface area contributed by atoms with Gasteiger partial charge in [-0.05, 0) is 32.9 Å². The van der Waals surface area contributed by atoms with Gasteiger partial charge in [0.15, 0.2) is 0 Å². The number of amidine groups is 1. The second kappa shape index (κ2) is 5.53. The van der Waals surface area contributed by atoms with Gasteiger partial charge in [-0.3, -0.25) is 5.32 Å². The number of ether oxygens (including phenoxy) is 1. The molecule has 0 spiro atoms. The van der Waals surface area contributed by atoms with Gasteiger partial charge in [0.25, 0.3) is 6.02 Å². The Morgan fingerprint density at radius 2 is 2.22 bits per heavy atom. The van der Waals surface area contributed by atoms with Gasteiger partial charge >= 0.3 is 0 Å². The monoisotopic (exact) mass is 246 g/mol. The summed E-state index contributed by atoms with van der Waals surface area (Å²) in [5, 5.41) is 3.06. The van der Waals surface area contributed by atoms with Crippen LogP contribution in [-0.2, 0) is 4.74 Å². The first-order valence-electron chi connectivity index (χ1n) is 6.12. The maximum Gasteiger partial charge on any atom is 0.291 e. The molecule has 0 atom stereocenters. The summed E-state index contributed by atoms with van der Waals surface area (Å²) in [6.07, 6.45) is 0.0761. The number of H-pyrrole nitrogens is 1. The van der Waals surface area contributed by atoms with E-state index in [9.17, 15) is 0 Å². The van der Waals surface area contributed by atoms with E-state index in [4.69, 9.17) is 4.74 Å². The molecule has 0 radical (unpaired) electrons. The molecule has 0 saturated heterocycles. The Kier molecular flexibility index (Phi) is 3.82. The highest BCUT2D eigenvalue weighted by Crippen LogP contribution is 2.13. The van der Waals surface area contributed by atoms with Gasteiger partial charge in [-0.15, -0.1) is 0 Å². The Hall–Kier alpha value is -2.04. The van der Waals surface area contributed by atoms with Crippen molar-refractivity contribution in [1.82, 2.24) is 9.97 Å². The van der Waals surface area contributed by atoms with Gasteiger partial charge in [-0.25, -0.2) is 9.98 Å². The number of aromatic nitrogens is 2. The number of hydrogen-bond acceptors (Lipinski definition) is 3. The van der Waals surface area contributed by atoms with E-state index in [0.717, 1.165) is 11.0 Å². The molecule has 1 heterocycles. The molecule has 0 aliphatic rings. The summed E-state index contributed by atoms with van der Waals surface area (Å²) in [7, 11) is 0. The Morgan fingerprint density at radius 1 is 1.44 bits per heavy atom. The van der Waals surface area contributed by atoms with Crippen molar-refractivity contribution in [1.29, 1.82) is 0 Å². The number of anilines is 1. The molecule has 1 aromatic carbocycles. The van der Waals surface area contributed by atoms with Crippen molar-refractivity contribution in [2.45, 2.75) is 26.9 Å². The summed E-state index contributed by atoms with van der Waals surface area (Å²) in [4.78, 5) is 11.8. The third kappa shape index (κ3) is 3.00. The van der Waals surface area contributed by atoms with Crippen molar-refractivity contribution in [3.63, 3.8) is 0 Å². The van der Waals surface area contributed by atoms with E-state index in [1.807, 2.05) is 45.0 Å². The highest BCUT2D eigenvalue weighted by Gasteiger charge is 2.07. The molecule has 5 heteroatoms. The fourth-order valence-electron chi connectivity index (χ4n) is 1.59. The number of rotatable bonds is 3. The van der Waals surface area contributed by atoms with Crippen LogP contribution in [0.5, 0.6) is 0 Å². The van der Waals surface area contributed by atoms with Crippen LogP contribution in [0, 0.1) is 0 Å². The predicted molar refractivity (Wildman–Crippen MR) is 73.9 cm³/mol. The van der Waals surface area contributed by atoms with Crippen molar-refractivity contribution in [2.24, 2.45) is 4.99 Å². The van der Waals surface area contributed by atoms with Crippen LogP contribution in [-0.4, -0.2) is 28.6 Å². The zero-order valence-electron chi connectivity index (χ0n) is 10.9. The molecule has 0 aliphatic carbocycles. The van der Waals surface area contributed by atoms with Crippen LogP contribution in [0.3, 0.4) is 0 Å². The molecule has 2 aromatic rings. The Balaban J connectivity index is 2.18. The van der Waals surface area contributed by atoms with Crippen molar-refractivity contribution in [3.8, 4) is 0 Å². The SMILES string of the molecule is CCN=C(Nc1nc2ccccc2[nH]1)OC(C)C. The van der Waals surface area contributed by atoms with E-state index in [1.54, 1.807) is 0 Å². The smallest absolute Gasteiger partial charge is 0.291 e. The normalized spacial score (nSPS) is 12.1. The second-order valence-electron chi connectivity index (χ2n) is 4.17. The molecule has 5 nitrogen and oxygen atoms in total. The minimum atomic E-state index is 0.0761. The van der Waals surface area contributed by atoms with Crippen molar-refractivity contribution >= 4 is 23.0 Å². The van der Waals surface area contributed by atoms with E-state index >= 15 is 0 Å². The van der Waals surface area contributed by atoms with Gasteiger partial charge in [0.2, 0.25) is 5.95 Å². The molecule has 0 amide bonds. The van der Waals surface area contributed by atoms with Gasteiger partial charge in [0.1, 0.15) is 0 Å². The molecule has 0 aliphatic heterocycles. The lowest BCUT2D eigenvalue weighted by Gasteiger charge is -2.12. The summed E-state index contributed by atoms with van der Waals surface area (Å²) in [5.74, 6) is 0.643. The summed E-state index contributed by atoms with van der Waals surface area (Å²) >= 11 is 0. The number of nitrogens with zero attached hydrogens (tertiary/aromatic N) is 2. The largest absolute Gasteiger partial charge is 0.462 e. The third-order valence-corrected chi connectivity index (χ3v) is 2.26. The average Bonchev–Trinajstić information content (AvgIpc) is 2.70. The quantitative estimate of drug-likeness (QED) is 0.646. The van der Waals surface area contributed by atoms with Crippen molar-refractivity contribution in [3.05, 3.63) is 24.3 Å². The fraction of sp³-hybridized carbons (Fsp3) is 0.385. The number of aliphatic imine (C=N–C) groups is 1. The Bertz CT molecular complexity index is 512. The lowest BCUT2D eigenvalue weighted by Crippen LogP contribution is -2.21. The van der Waals surface area contributed by atoms with Crippen LogP contribution in [0.25, 0.3) is 11.0 Å². The number of hydrogen-bond donors (Lipinski definition) is 2. The molecular weight excluding hydrogens is 228 g/mol. The molecule has 0 bridgehead atoms. The molecule has 96 valence electrons. The Labute approximate surface area is 106 Å². The number of nitrogens with one attached hydrogen (secondary N) is 2. The van der Waals surface area contributed by atoms with Crippen LogP contribution in [0.15, 0.2) is 29.3 Å². The maximum atomic E-state index is 5.57. The van der Waals surface area contributed by atoms with Crippen LogP contribution < -0.4 is 5.32 Å². The number of imidazole rings is 1. The van der Waals surface area contributed by atoms with Crippen LogP contribution >= 0.6 is 0 Å². The number of aromatic amines is 1. The van der Waals surface area contributed by atoms with E-state index in [0.29, 0.717) is 18.5 Å². The van der Waals surface area contributed by atoms with E-state index in [-0.39, 0.29) is 6.10 Å². The first-order valence-corrected chi connectivity index (χ1v) is 6.12. The topological polar surface area (TPSA) is 62.3 Å². The highest BCUT2D eigenvalue weighted by atomic mass is 16.5. The highest BCUT2D eigenvalue weighted by molar-refractivity contribution is 5.89. The molecule has 2 rings (SSSR count).